The highest BCUT2D eigenvalue weighted by Gasteiger charge is 2.15. The number of nitrogens with zero attached hydrogens (tertiary/aromatic N) is 2. The molecule has 8 heteroatoms. The van der Waals surface area contributed by atoms with Crippen LogP contribution in [0, 0.1) is 17.1 Å². The fourth-order valence-electron chi connectivity index (χ4n) is 2.72. The lowest BCUT2D eigenvalue weighted by molar-refractivity contribution is 0.629. The van der Waals surface area contributed by atoms with Gasteiger partial charge in [0.25, 0.3) is 11.1 Å². The molecule has 6 nitrogen and oxygen atoms in total. The van der Waals surface area contributed by atoms with E-state index in [9.17, 15) is 14.0 Å². The number of benzene rings is 1. The van der Waals surface area contributed by atoms with Crippen LogP contribution in [0.4, 0.5) is 10.1 Å². The zero-order valence-corrected chi connectivity index (χ0v) is 14.7. The largest absolute Gasteiger partial charge is 0.374 e. The summed E-state index contributed by atoms with van der Waals surface area (Å²) in [5.74, 6) is -0.616. The molecule has 2 heterocycles. The lowest BCUT2D eigenvalue weighted by Gasteiger charge is -2.16. The Kier molecular flexibility index (Phi) is 4.53. The third-order valence-corrected chi connectivity index (χ3v) is 4.57. The first-order valence-corrected chi connectivity index (χ1v) is 8.09. The number of anilines is 1. The van der Waals surface area contributed by atoms with Crippen LogP contribution in [-0.2, 0) is 7.05 Å². The Morgan fingerprint density at radius 3 is 2.73 bits per heavy atom. The molecule has 0 fully saturated rings. The van der Waals surface area contributed by atoms with Crippen molar-refractivity contribution in [3.8, 4) is 6.07 Å². The quantitative estimate of drug-likeness (QED) is 0.739. The van der Waals surface area contributed by atoms with Crippen LogP contribution in [0.1, 0.15) is 24.2 Å². The average Bonchev–Trinajstić information content (AvgIpc) is 2.62. The molecule has 26 heavy (non-hydrogen) atoms. The van der Waals surface area contributed by atoms with E-state index in [1.54, 1.807) is 13.0 Å². The van der Waals surface area contributed by atoms with Gasteiger partial charge in [-0.05, 0) is 37.3 Å². The Labute approximate surface area is 152 Å². The number of aromatic nitrogens is 2. The van der Waals surface area contributed by atoms with Gasteiger partial charge in [-0.3, -0.25) is 9.59 Å². The second-order valence-corrected chi connectivity index (χ2v) is 6.23. The number of nitrogens with one attached hydrogen (secondary N) is 2. The van der Waals surface area contributed by atoms with Crippen LogP contribution in [0.25, 0.3) is 10.9 Å². The summed E-state index contributed by atoms with van der Waals surface area (Å²) < 4.78 is 14.8. The molecule has 2 N–H and O–H groups in total. The van der Waals surface area contributed by atoms with Crippen molar-refractivity contribution in [3.05, 3.63) is 73.1 Å². The Balaban J connectivity index is 2.03. The van der Waals surface area contributed by atoms with Gasteiger partial charge in [-0.15, -0.1) is 0 Å². The lowest BCUT2D eigenvalue weighted by atomic mass is 10.1. The molecule has 1 unspecified atom stereocenters. The van der Waals surface area contributed by atoms with E-state index >= 15 is 0 Å². The van der Waals surface area contributed by atoms with Gasteiger partial charge < -0.3 is 14.9 Å². The number of pyridine rings is 2. The monoisotopic (exact) mass is 372 g/mol. The molecule has 0 amide bonds. The summed E-state index contributed by atoms with van der Waals surface area (Å²) in [6.45, 7) is 1.72. The van der Waals surface area contributed by atoms with Crippen molar-refractivity contribution in [3.63, 3.8) is 0 Å². The number of rotatable bonds is 3. The summed E-state index contributed by atoms with van der Waals surface area (Å²) in [6.07, 6.45) is 0. The fraction of sp³-hybridized carbons (Fsp3) is 0.167. The maximum atomic E-state index is 13.5. The molecule has 0 saturated heterocycles. The third kappa shape index (κ3) is 2.95. The van der Waals surface area contributed by atoms with Crippen LogP contribution in [0.3, 0.4) is 0 Å². The van der Waals surface area contributed by atoms with Gasteiger partial charge in [0.05, 0.1) is 11.6 Å². The summed E-state index contributed by atoms with van der Waals surface area (Å²) >= 11 is 5.90. The summed E-state index contributed by atoms with van der Waals surface area (Å²) in [5.41, 5.74) is 0.270. The second kappa shape index (κ2) is 6.65. The molecule has 132 valence electrons. The molecule has 0 spiro atoms. The van der Waals surface area contributed by atoms with Crippen molar-refractivity contribution in [1.82, 2.24) is 9.55 Å². The number of hydrogen-bond acceptors (Lipinski definition) is 4. The first kappa shape index (κ1) is 17.7. The first-order valence-electron chi connectivity index (χ1n) is 7.71. The van der Waals surface area contributed by atoms with Gasteiger partial charge in [0.1, 0.15) is 28.3 Å². The van der Waals surface area contributed by atoms with E-state index in [1.807, 2.05) is 6.07 Å². The van der Waals surface area contributed by atoms with Crippen LogP contribution in [0.2, 0.25) is 5.02 Å². The van der Waals surface area contributed by atoms with Crippen LogP contribution in [0.5, 0.6) is 0 Å². The van der Waals surface area contributed by atoms with E-state index in [4.69, 9.17) is 16.9 Å². The standard InChI is InChI=1S/C18H14ClFN4O2/c1-9(22-14-6-4-11(8-21)24(2)18(14)26)12-7-10-3-5-13(20)15(19)16(10)23-17(12)25/h3-7,9,22H,1-2H3,(H,23,25). The minimum atomic E-state index is -0.616. The van der Waals surface area contributed by atoms with Crippen molar-refractivity contribution in [2.45, 2.75) is 13.0 Å². The highest BCUT2D eigenvalue weighted by atomic mass is 35.5. The zero-order valence-electron chi connectivity index (χ0n) is 13.9. The molecular formula is C18H14ClFN4O2. The molecule has 1 aromatic carbocycles. The highest BCUT2D eigenvalue weighted by Crippen LogP contribution is 2.25. The number of H-pyrrole nitrogens is 1. The predicted molar refractivity (Wildman–Crippen MR) is 98.0 cm³/mol. The van der Waals surface area contributed by atoms with Gasteiger partial charge in [0.15, 0.2) is 0 Å². The van der Waals surface area contributed by atoms with Crippen molar-refractivity contribution in [2.24, 2.45) is 7.05 Å². The Bertz CT molecular complexity index is 1180. The third-order valence-electron chi connectivity index (χ3n) is 4.20. The SMILES string of the molecule is CC(Nc1ccc(C#N)n(C)c1=O)c1cc2ccc(F)c(Cl)c2[nH]c1=O. The van der Waals surface area contributed by atoms with Gasteiger partial charge in [-0.2, -0.15) is 5.26 Å². The number of nitriles is 1. The van der Waals surface area contributed by atoms with Crippen LogP contribution >= 0.6 is 11.6 Å². The molecule has 0 aliphatic rings. The van der Waals surface area contributed by atoms with E-state index in [0.717, 1.165) is 0 Å². The molecule has 3 rings (SSSR count). The minimum Gasteiger partial charge on any atom is -0.374 e. The normalized spacial score (nSPS) is 12.0. The summed E-state index contributed by atoms with van der Waals surface area (Å²) in [6, 6.07) is 8.78. The Morgan fingerprint density at radius 1 is 1.31 bits per heavy atom. The molecule has 0 aliphatic carbocycles. The van der Waals surface area contributed by atoms with Gasteiger partial charge in [0.2, 0.25) is 0 Å². The average molecular weight is 373 g/mol. The maximum Gasteiger partial charge on any atom is 0.274 e. The first-order chi connectivity index (χ1) is 12.3. The maximum absolute atomic E-state index is 13.5. The van der Waals surface area contributed by atoms with Crippen molar-refractivity contribution < 1.29 is 4.39 Å². The smallest absolute Gasteiger partial charge is 0.274 e. The summed E-state index contributed by atoms with van der Waals surface area (Å²) in [7, 11) is 1.50. The van der Waals surface area contributed by atoms with Crippen molar-refractivity contribution in [1.29, 1.82) is 5.26 Å². The molecule has 0 saturated carbocycles. The predicted octanol–water partition coefficient (Wildman–Crippen LogP) is 3.06. The van der Waals surface area contributed by atoms with Gasteiger partial charge in [-0.25, -0.2) is 4.39 Å². The zero-order chi connectivity index (χ0) is 19.0. The van der Waals surface area contributed by atoms with Crippen LogP contribution < -0.4 is 16.4 Å². The van der Waals surface area contributed by atoms with E-state index in [2.05, 4.69) is 10.3 Å². The van der Waals surface area contributed by atoms with Crippen LogP contribution in [0.15, 0.2) is 39.9 Å². The topological polar surface area (TPSA) is 90.7 Å². The van der Waals surface area contributed by atoms with E-state index < -0.39 is 17.4 Å². The lowest BCUT2D eigenvalue weighted by Crippen LogP contribution is -2.26. The van der Waals surface area contributed by atoms with Crippen LogP contribution in [-0.4, -0.2) is 9.55 Å². The molecule has 0 radical (unpaired) electrons. The molecule has 2 aromatic heterocycles. The molecule has 0 aliphatic heterocycles. The fourth-order valence-corrected chi connectivity index (χ4v) is 2.94. The van der Waals surface area contributed by atoms with Crippen molar-refractivity contribution >= 4 is 28.2 Å². The number of aromatic amines is 1. The molecule has 1 atom stereocenters. The minimum absolute atomic E-state index is 0.146. The van der Waals surface area contributed by atoms with E-state index in [1.165, 1.54) is 35.9 Å². The Hall–Kier alpha value is -3.11. The number of fused-ring (bicyclic) bond motifs is 1. The molecule has 0 bridgehead atoms. The molecule has 3 aromatic rings. The highest BCUT2D eigenvalue weighted by molar-refractivity contribution is 6.35. The van der Waals surface area contributed by atoms with Gasteiger partial charge in [0, 0.05) is 18.0 Å². The Morgan fingerprint density at radius 2 is 2.04 bits per heavy atom. The summed E-state index contributed by atoms with van der Waals surface area (Å²) in [5, 5.41) is 12.4. The van der Waals surface area contributed by atoms with E-state index in [0.29, 0.717) is 10.9 Å². The van der Waals surface area contributed by atoms with Crippen molar-refractivity contribution in [2.75, 3.05) is 5.32 Å². The number of hydrogen-bond donors (Lipinski definition) is 2. The van der Waals surface area contributed by atoms with E-state index in [-0.39, 0.29) is 27.5 Å². The number of halogens is 2. The summed E-state index contributed by atoms with van der Waals surface area (Å²) in [4.78, 5) is 27.3. The van der Waals surface area contributed by atoms with Gasteiger partial charge in [-0.1, -0.05) is 11.6 Å². The second-order valence-electron chi connectivity index (χ2n) is 5.85. The molecular weight excluding hydrogens is 359 g/mol. The van der Waals surface area contributed by atoms with Gasteiger partial charge >= 0.3 is 0 Å².